The number of hydrogen-bond acceptors (Lipinski definition) is 3. The minimum atomic E-state index is 0.0766. The second-order valence-electron chi connectivity index (χ2n) is 5.26. The summed E-state index contributed by atoms with van der Waals surface area (Å²) in [4.78, 5) is 13.2. The van der Waals surface area contributed by atoms with Crippen molar-refractivity contribution in [2.45, 2.75) is 39.2 Å². The molecule has 0 fully saturated rings. The fourth-order valence-corrected chi connectivity index (χ4v) is 3.65. The number of anilines is 1. The molecule has 1 amide bonds. The maximum absolute atomic E-state index is 12.0. The number of nitrogens with one attached hydrogen (secondary N) is 1. The first kappa shape index (κ1) is 12.4. The summed E-state index contributed by atoms with van der Waals surface area (Å²) >= 11 is 1.72. The van der Waals surface area contributed by atoms with Gasteiger partial charge in [0.25, 0.3) is 0 Å². The molecule has 0 saturated heterocycles. The van der Waals surface area contributed by atoms with Crippen LogP contribution in [0.25, 0.3) is 0 Å². The van der Waals surface area contributed by atoms with E-state index in [1.807, 2.05) is 10.9 Å². The van der Waals surface area contributed by atoms with Gasteiger partial charge < -0.3 is 5.32 Å². The van der Waals surface area contributed by atoms with Crippen LogP contribution in [0.5, 0.6) is 0 Å². The first-order valence-electron chi connectivity index (χ1n) is 6.49. The third-order valence-corrected chi connectivity index (χ3v) is 4.69. The molecule has 1 aliphatic heterocycles. The summed E-state index contributed by atoms with van der Waals surface area (Å²) in [6.45, 7) is 6.24. The average molecular weight is 275 g/mol. The Hall–Kier alpha value is -1.62. The van der Waals surface area contributed by atoms with E-state index in [1.165, 1.54) is 10.4 Å². The summed E-state index contributed by atoms with van der Waals surface area (Å²) < 4.78 is 1.89. The molecule has 1 aliphatic rings. The summed E-state index contributed by atoms with van der Waals surface area (Å²) in [6.07, 6.45) is 2.41. The van der Waals surface area contributed by atoms with Crippen molar-refractivity contribution >= 4 is 23.1 Å². The zero-order valence-electron chi connectivity index (χ0n) is 11.3. The van der Waals surface area contributed by atoms with Crippen LogP contribution in [-0.4, -0.2) is 15.7 Å². The van der Waals surface area contributed by atoms with E-state index in [-0.39, 0.29) is 17.9 Å². The summed E-state index contributed by atoms with van der Waals surface area (Å²) in [7, 11) is 0. The monoisotopic (exact) mass is 275 g/mol. The molecule has 3 heterocycles. The topological polar surface area (TPSA) is 46.9 Å². The van der Waals surface area contributed by atoms with Gasteiger partial charge in [0, 0.05) is 28.8 Å². The molecule has 19 heavy (non-hydrogen) atoms. The second-order valence-corrected chi connectivity index (χ2v) is 6.21. The number of carbonyl (C=O) groups excluding carboxylic acids is 1. The van der Waals surface area contributed by atoms with Crippen LogP contribution < -0.4 is 5.32 Å². The molecule has 1 N–H and O–H groups in total. The van der Waals surface area contributed by atoms with Crippen LogP contribution in [-0.2, 0) is 4.79 Å². The van der Waals surface area contributed by atoms with Gasteiger partial charge in [-0.05, 0) is 37.8 Å². The largest absolute Gasteiger partial charge is 0.311 e. The number of nitrogens with zero attached hydrogens (tertiary/aromatic N) is 2. The Morgan fingerprint density at radius 1 is 1.53 bits per heavy atom. The molecule has 0 unspecified atom stereocenters. The van der Waals surface area contributed by atoms with E-state index in [1.54, 1.807) is 11.3 Å². The van der Waals surface area contributed by atoms with Crippen LogP contribution in [0.3, 0.4) is 0 Å². The van der Waals surface area contributed by atoms with Crippen molar-refractivity contribution in [3.05, 3.63) is 33.6 Å². The van der Waals surface area contributed by atoms with Crippen molar-refractivity contribution in [2.24, 2.45) is 0 Å². The number of carbonyl (C=O) groups is 1. The van der Waals surface area contributed by atoms with E-state index in [0.29, 0.717) is 6.42 Å². The minimum absolute atomic E-state index is 0.0766. The van der Waals surface area contributed by atoms with Gasteiger partial charge in [0.15, 0.2) is 0 Å². The highest BCUT2D eigenvalue weighted by molar-refractivity contribution is 7.10. The number of fused-ring (bicyclic) bond motifs is 1. The molecule has 0 aromatic carbocycles. The Labute approximate surface area is 116 Å². The van der Waals surface area contributed by atoms with E-state index >= 15 is 0 Å². The molecule has 5 heteroatoms. The maximum Gasteiger partial charge on any atom is 0.226 e. The predicted octanol–water partition coefficient (Wildman–Crippen LogP) is 3.31. The summed E-state index contributed by atoms with van der Waals surface area (Å²) in [5.74, 6) is 1.09. The van der Waals surface area contributed by atoms with Crippen LogP contribution in [0.1, 0.15) is 48.2 Å². The predicted molar refractivity (Wildman–Crippen MR) is 76.8 cm³/mol. The number of aryl methyl sites for hydroxylation is 1. The lowest BCUT2D eigenvalue weighted by molar-refractivity contribution is -0.116. The summed E-state index contributed by atoms with van der Waals surface area (Å²) in [5, 5.41) is 9.48. The highest BCUT2D eigenvalue weighted by Crippen LogP contribution is 2.40. The Bertz CT molecular complexity index is 626. The normalized spacial score (nSPS) is 18.5. The summed E-state index contributed by atoms with van der Waals surface area (Å²) in [5.41, 5.74) is 2.40. The van der Waals surface area contributed by atoms with E-state index in [9.17, 15) is 4.79 Å². The lowest BCUT2D eigenvalue weighted by atomic mass is 9.91. The molecule has 4 nitrogen and oxygen atoms in total. The molecule has 0 aliphatic carbocycles. The van der Waals surface area contributed by atoms with Gasteiger partial charge >= 0.3 is 0 Å². The maximum atomic E-state index is 12.0. The van der Waals surface area contributed by atoms with Crippen molar-refractivity contribution in [3.63, 3.8) is 0 Å². The number of rotatable bonds is 2. The van der Waals surface area contributed by atoms with Gasteiger partial charge in [-0.15, -0.1) is 11.3 Å². The Kier molecular flexibility index (Phi) is 2.93. The highest BCUT2D eigenvalue weighted by Gasteiger charge is 2.31. The third kappa shape index (κ3) is 1.98. The van der Waals surface area contributed by atoms with E-state index < -0.39 is 0 Å². The molecule has 1 atom stereocenters. The quantitative estimate of drug-likeness (QED) is 0.914. The van der Waals surface area contributed by atoms with Gasteiger partial charge in [0.1, 0.15) is 5.82 Å². The molecule has 2 aromatic rings. The molecule has 0 spiro atoms. The van der Waals surface area contributed by atoms with Crippen molar-refractivity contribution in [1.82, 2.24) is 9.78 Å². The van der Waals surface area contributed by atoms with Crippen LogP contribution in [0.15, 0.2) is 17.6 Å². The first-order valence-corrected chi connectivity index (χ1v) is 7.37. The van der Waals surface area contributed by atoms with Crippen molar-refractivity contribution in [1.29, 1.82) is 0 Å². The van der Waals surface area contributed by atoms with Gasteiger partial charge in [0.2, 0.25) is 5.91 Å². The van der Waals surface area contributed by atoms with Gasteiger partial charge in [-0.2, -0.15) is 5.10 Å². The van der Waals surface area contributed by atoms with Gasteiger partial charge in [-0.1, -0.05) is 0 Å². The van der Waals surface area contributed by atoms with Crippen molar-refractivity contribution in [3.8, 4) is 0 Å². The van der Waals surface area contributed by atoms with Crippen LogP contribution in [0, 0.1) is 6.92 Å². The van der Waals surface area contributed by atoms with Gasteiger partial charge in [-0.25, -0.2) is 4.68 Å². The molecular weight excluding hydrogens is 258 g/mol. The van der Waals surface area contributed by atoms with Crippen molar-refractivity contribution < 1.29 is 4.79 Å². The Morgan fingerprint density at radius 2 is 2.32 bits per heavy atom. The number of hydrogen-bond donors (Lipinski definition) is 1. The molecule has 0 bridgehead atoms. The van der Waals surface area contributed by atoms with Gasteiger partial charge in [0.05, 0.1) is 6.20 Å². The zero-order valence-corrected chi connectivity index (χ0v) is 12.1. The summed E-state index contributed by atoms with van der Waals surface area (Å²) in [6, 6.07) is 2.35. The SMILES string of the molecule is Cc1ccsc1[C@H]1CC(=O)Nc2c1cnn2C(C)C. The molecule has 3 rings (SSSR count). The smallest absolute Gasteiger partial charge is 0.226 e. The van der Waals surface area contributed by atoms with Gasteiger partial charge in [-0.3, -0.25) is 4.79 Å². The zero-order chi connectivity index (χ0) is 13.6. The van der Waals surface area contributed by atoms with Crippen LogP contribution in [0.4, 0.5) is 5.82 Å². The fraction of sp³-hybridized carbons (Fsp3) is 0.429. The molecule has 100 valence electrons. The lowest BCUT2D eigenvalue weighted by Gasteiger charge is -2.24. The number of aromatic nitrogens is 2. The second kappa shape index (κ2) is 4.49. The first-order chi connectivity index (χ1) is 9.08. The highest BCUT2D eigenvalue weighted by atomic mass is 32.1. The Balaban J connectivity index is 2.11. The molecule has 2 aromatic heterocycles. The van der Waals surface area contributed by atoms with Crippen LogP contribution >= 0.6 is 11.3 Å². The number of amides is 1. The fourth-order valence-electron chi connectivity index (χ4n) is 2.61. The van der Waals surface area contributed by atoms with Crippen LogP contribution in [0.2, 0.25) is 0 Å². The molecule has 0 radical (unpaired) electrons. The minimum Gasteiger partial charge on any atom is -0.311 e. The van der Waals surface area contributed by atoms with E-state index in [2.05, 4.69) is 42.6 Å². The Morgan fingerprint density at radius 3 is 2.95 bits per heavy atom. The van der Waals surface area contributed by atoms with E-state index in [0.717, 1.165) is 11.4 Å². The standard InChI is InChI=1S/C14H17N3OS/c1-8(2)17-14-11(7-15-17)10(6-12(18)16-14)13-9(3)4-5-19-13/h4-5,7-8,10H,6H2,1-3H3,(H,16,18)/t10-/m0/s1. The lowest BCUT2D eigenvalue weighted by Crippen LogP contribution is -2.25. The van der Waals surface area contributed by atoms with Crippen molar-refractivity contribution in [2.75, 3.05) is 5.32 Å². The molecular formula is C14H17N3OS. The average Bonchev–Trinajstić information content (AvgIpc) is 2.93. The molecule has 0 saturated carbocycles. The number of thiophene rings is 1. The van der Waals surface area contributed by atoms with E-state index in [4.69, 9.17) is 0 Å². The third-order valence-electron chi connectivity index (χ3n) is 3.55.